The first-order valence-electron chi connectivity index (χ1n) is 14.0. The van der Waals surface area contributed by atoms with Gasteiger partial charge in [-0.1, -0.05) is 36.4 Å². The summed E-state index contributed by atoms with van der Waals surface area (Å²) in [6, 6.07) is 25.0. The van der Waals surface area contributed by atoms with Crippen LogP contribution in [0.4, 0.5) is 5.69 Å². The maximum atomic E-state index is 13.4. The zero-order valence-corrected chi connectivity index (χ0v) is 23.0. The third-order valence-electron chi connectivity index (χ3n) is 7.98. The van der Waals surface area contributed by atoms with E-state index in [1.54, 1.807) is 18.2 Å². The molecular formula is C34H27NO8. The lowest BCUT2D eigenvalue weighted by Gasteiger charge is -2.28. The molecular weight excluding hydrogens is 550 g/mol. The van der Waals surface area contributed by atoms with Crippen LogP contribution in [0.1, 0.15) is 62.0 Å². The van der Waals surface area contributed by atoms with Gasteiger partial charge in [0.1, 0.15) is 5.75 Å². The smallest absolute Gasteiger partial charge is 0.379 e. The molecule has 1 saturated heterocycles. The molecule has 1 saturated carbocycles. The van der Waals surface area contributed by atoms with E-state index in [2.05, 4.69) is 12.1 Å². The van der Waals surface area contributed by atoms with Crippen molar-refractivity contribution in [1.29, 1.82) is 0 Å². The minimum atomic E-state index is -0.764. The van der Waals surface area contributed by atoms with E-state index in [0.717, 1.165) is 6.42 Å². The van der Waals surface area contributed by atoms with Crippen LogP contribution in [0.25, 0.3) is 0 Å². The van der Waals surface area contributed by atoms with Crippen LogP contribution in [0.15, 0.2) is 102 Å². The van der Waals surface area contributed by atoms with Gasteiger partial charge in [-0.05, 0) is 85.3 Å². The number of rotatable bonds is 8. The van der Waals surface area contributed by atoms with Gasteiger partial charge in [-0.2, -0.15) is 0 Å². The first-order valence-corrected chi connectivity index (χ1v) is 14.0. The molecule has 0 N–H and O–H groups in total. The highest BCUT2D eigenvalue weighted by molar-refractivity contribution is 6.22. The predicted molar refractivity (Wildman–Crippen MR) is 154 cm³/mol. The number of imide groups is 1. The fraction of sp³-hybridized carbons (Fsp3) is 0.206. The van der Waals surface area contributed by atoms with E-state index in [9.17, 15) is 24.0 Å². The van der Waals surface area contributed by atoms with Gasteiger partial charge in [-0.25, -0.2) is 9.59 Å². The molecule has 6 rings (SSSR count). The molecule has 3 atom stereocenters. The Kier molecular flexibility index (Phi) is 7.70. The Balaban J connectivity index is 1.07. The molecule has 216 valence electrons. The van der Waals surface area contributed by atoms with Crippen molar-refractivity contribution in [2.75, 3.05) is 11.5 Å². The summed E-state index contributed by atoms with van der Waals surface area (Å²) in [4.78, 5) is 65.4. The number of fused-ring (bicyclic) bond motifs is 1. The number of ether oxygens (including phenoxy) is 2. The first kappa shape index (κ1) is 27.8. The fourth-order valence-electron chi connectivity index (χ4n) is 5.79. The minimum absolute atomic E-state index is 0.0460. The van der Waals surface area contributed by atoms with E-state index in [1.807, 2.05) is 18.2 Å². The second kappa shape index (κ2) is 11.9. The summed E-state index contributed by atoms with van der Waals surface area (Å²) >= 11 is 0. The van der Waals surface area contributed by atoms with Crippen LogP contribution < -0.4 is 9.64 Å². The van der Waals surface area contributed by atoms with Gasteiger partial charge < -0.3 is 13.9 Å². The standard InChI is InChI=1S/C34H27NO8/c36-29(22-11-14-26(15-12-22)43-34(40)30-10-5-17-41-30)20-42-33(39)24-8-4-9-25(18-24)35-31(37)27-16-13-23(19-28(27)32(35)38)21-6-2-1-3-7-21/h1-12,14-15,17-18,23,27-28H,13,16,19-20H2/t23-,27-,28-/m1/s1. The number of hydrogen-bond acceptors (Lipinski definition) is 8. The van der Waals surface area contributed by atoms with Crippen LogP contribution in [-0.2, 0) is 14.3 Å². The molecule has 0 spiro atoms. The Morgan fingerprint density at radius 2 is 1.53 bits per heavy atom. The Morgan fingerprint density at radius 1 is 0.767 bits per heavy atom. The van der Waals surface area contributed by atoms with Crippen molar-refractivity contribution < 1.29 is 37.9 Å². The van der Waals surface area contributed by atoms with Gasteiger partial charge in [0.05, 0.1) is 29.3 Å². The number of ketones is 1. The SMILES string of the molecule is O=C(COC(=O)c1cccc(N2C(=O)[C@@H]3CC[C@@H](c4ccccc4)C[C@H]3C2=O)c1)c1ccc(OC(=O)c2ccco2)cc1. The number of Topliss-reactive ketones (excluding diaryl/α,β-unsaturated/α-hetero) is 1. The van der Waals surface area contributed by atoms with Crippen molar-refractivity contribution in [2.24, 2.45) is 11.8 Å². The van der Waals surface area contributed by atoms with E-state index in [4.69, 9.17) is 13.9 Å². The van der Waals surface area contributed by atoms with Crippen molar-refractivity contribution in [1.82, 2.24) is 0 Å². The van der Waals surface area contributed by atoms with Crippen molar-refractivity contribution >= 4 is 35.2 Å². The van der Waals surface area contributed by atoms with E-state index < -0.39 is 30.2 Å². The Bertz CT molecular complexity index is 1680. The summed E-state index contributed by atoms with van der Waals surface area (Å²) in [7, 11) is 0. The van der Waals surface area contributed by atoms with Crippen molar-refractivity contribution in [2.45, 2.75) is 25.2 Å². The molecule has 9 heteroatoms. The zero-order valence-electron chi connectivity index (χ0n) is 23.0. The van der Waals surface area contributed by atoms with E-state index in [1.165, 1.54) is 59.2 Å². The maximum Gasteiger partial charge on any atom is 0.379 e. The number of carbonyl (C=O) groups excluding carboxylic acids is 5. The maximum absolute atomic E-state index is 13.4. The summed E-state index contributed by atoms with van der Waals surface area (Å²) in [5, 5.41) is 0. The molecule has 43 heavy (non-hydrogen) atoms. The fourth-order valence-corrected chi connectivity index (χ4v) is 5.79. The van der Waals surface area contributed by atoms with Gasteiger partial charge in [-0.3, -0.25) is 19.3 Å². The summed E-state index contributed by atoms with van der Waals surface area (Å²) in [5.74, 6) is -2.71. The largest absolute Gasteiger partial charge is 0.457 e. The molecule has 0 bridgehead atoms. The quantitative estimate of drug-likeness (QED) is 0.115. The molecule has 1 aromatic heterocycles. The number of anilines is 1. The lowest BCUT2D eigenvalue weighted by atomic mass is 9.73. The summed E-state index contributed by atoms with van der Waals surface area (Å²) in [6.07, 6.45) is 3.42. The molecule has 2 heterocycles. The normalized spacial score (nSPS) is 19.5. The van der Waals surface area contributed by atoms with Gasteiger partial charge in [0.15, 0.2) is 12.4 Å². The van der Waals surface area contributed by atoms with Crippen molar-refractivity contribution in [3.8, 4) is 5.75 Å². The molecule has 2 fully saturated rings. The van der Waals surface area contributed by atoms with Crippen LogP contribution in [0.3, 0.4) is 0 Å². The van der Waals surface area contributed by atoms with Crippen LogP contribution in [0, 0.1) is 11.8 Å². The third-order valence-corrected chi connectivity index (χ3v) is 7.98. The lowest BCUT2D eigenvalue weighted by molar-refractivity contribution is -0.122. The van der Waals surface area contributed by atoms with Crippen molar-refractivity contribution in [3.63, 3.8) is 0 Å². The van der Waals surface area contributed by atoms with E-state index in [0.29, 0.717) is 18.5 Å². The number of amides is 2. The van der Waals surface area contributed by atoms with Crippen LogP contribution >= 0.6 is 0 Å². The number of hydrogen-bond donors (Lipinski definition) is 0. The number of furan rings is 1. The highest BCUT2D eigenvalue weighted by atomic mass is 16.5. The average Bonchev–Trinajstić information content (AvgIpc) is 3.67. The monoisotopic (exact) mass is 577 g/mol. The molecule has 2 aliphatic rings. The van der Waals surface area contributed by atoms with Gasteiger partial charge >= 0.3 is 11.9 Å². The Morgan fingerprint density at radius 3 is 2.28 bits per heavy atom. The molecule has 1 aliphatic heterocycles. The first-order chi connectivity index (χ1) is 20.9. The predicted octanol–water partition coefficient (Wildman–Crippen LogP) is 5.61. The molecule has 2 amide bonds. The van der Waals surface area contributed by atoms with Crippen molar-refractivity contribution in [3.05, 3.63) is 120 Å². The molecule has 1 aliphatic carbocycles. The van der Waals surface area contributed by atoms with Crippen LogP contribution in [-0.4, -0.2) is 36.1 Å². The topological polar surface area (TPSA) is 120 Å². The molecule has 9 nitrogen and oxygen atoms in total. The Labute approximate surface area is 247 Å². The highest BCUT2D eigenvalue weighted by Gasteiger charge is 2.50. The van der Waals surface area contributed by atoms with Crippen LogP contribution in [0.5, 0.6) is 5.75 Å². The van der Waals surface area contributed by atoms with E-state index in [-0.39, 0.29) is 46.3 Å². The second-order valence-corrected chi connectivity index (χ2v) is 10.6. The van der Waals surface area contributed by atoms with Gasteiger partial charge in [-0.15, -0.1) is 0 Å². The average molecular weight is 578 g/mol. The zero-order chi connectivity index (χ0) is 29.9. The molecule has 0 unspecified atom stereocenters. The number of esters is 2. The van der Waals surface area contributed by atoms with Gasteiger partial charge in [0.2, 0.25) is 17.6 Å². The Hall–Kier alpha value is -5.31. The molecule has 3 aromatic carbocycles. The van der Waals surface area contributed by atoms with Crippen LogP contribution in [0.2, 0.25) is 0 Å². The molecule has 0 radical (unpaired) electrons. The van der Waals surface area contributed by atoms with Gasteiger partial charge in [0.25, 0.3) is 0 Å². The number of benzene rings is 3. The highest BCUT2D eigenvalue weighted by Crippen LogP contribution is 2.45. The third kappa shape index (κ3) is 5.74. The number of nitrogens with zero attached hydrogens (tertiary/aromatic N) is 1. The summed E-state index contributed by atoms with van der Waals surface area (Å²) < 4.78 is 15.4. The lowest BCUT2D eigenvalue weighted by Crippen LogP contribution is -2.31. The van der Waals surface area contributed by atoms with Gasteiger partial charge in [0, 0.05) is 5.56 Å². The van der Waals surface area contributed by atoms with E-state index >= 15 is 0 Å². The summed E-state index contributed by atoms with van der Waals surface area (Å²) in [6.45, 7) is -0.527. The second-order valence-electron chi connectivity index (χ2n) is 10.6. The minimum Gasteiger partial charge on any atom is -0.457 e. The number of carbonyl (C=O) groups is 5. The molecule has 4 aromatic rings. The summed E-state index contributed by atoms with van der Waals surface area (Å²) in [5.41, 5.74) is 1.84.